The molecule has 1 aromatic carbocycles. The number of thioether (sulfide) groups is 1. The fraction of sp³-hybridized carbons (Fsp3) is 0.182. The van der Waals surface area contributed by atoms with Gasteiger partial charge in [0.2, 0.25) is 0 Å². The highest BCUT2D eigenvalue weighted by Gasteiger charge is 2.01. The van der Waals surface area contributed by atoms with E-state index in [0.717, 1.165) is 0 Å². The smallest absolute Gasteiger partial charge is 0.0346 e. The number of benzene rings is 1. The predicted octanol–water partition coefficient (Wildman–Crippen LogP) is 3.27. The fourth-order valence-corrected chi connectivity index (χ4v) is 2.24. The average Bonchev–Trinajstić information content (AvgIpc) is 2.17. The Morgan fingerprint density at radius 2 is 2.08 bits per heavy atom. The zero-order chi connectivity index (χ0) is 9.26. The maximum absolute atomic E-state index is 4.18. The van der Waals surface area contributed by atoms with Crippen molar-refractivity contribution in [1.29, 1.82) is 0 Å². The van der Waals surface area contributed by atoms with Gasteiger partial charge in [0.05, 0.1) is 0 Å². The molecule has 0 bridgehead atoms. The monoisotopic (exact) mass is 189 g/mol. The minimum Gasteiger partial charge on any atom is -0.264 e. The Morgan fingerprint density at radius 1 is 1.23 bits per heavy atom. The van der Waals surface area contributed by atoms with Gasteiger partial charge >= 0.3 is 0 Å². The second-order valence-corrected chi connectivity index (χ2v) is 3.86. The Balaban J connectivity index is 2.87. The molecule has 0 saturated heterocycles. The topological polar surface area (TPSA) is 12.9 Å². The normalized spacial score (nSPS) is 10.6. The van der Waals surface area contributed by atoms with Crippen LogP contribution < -0.4 is 0 Å². The van der Waals surface area contributed by atoms with Gasteiger partial charge in [-0.3, -0.25) is 4.98 Å². The Morgan fingerprint density at radius 3 is 2.85 bits per heavy atom. The number of hydrogen-bond donors (Lipinski definition) is 0. The molecular formula is C11H11NS. The van der Waals surface area contributed by atoms with Crippen LogP contribution in [0.5, 0.6) is 0 Å². The molecule has 0 N–H and O–H groups in total. The standard InChI is InChI=1S/C11H11NS/c1-8-6-12-7-9-4-3-5-10(13-2)11(8)9/h3-7H,1-2H3. The number of fused-ring (bicyclic) bond motifs is 1. The second kappa shape index (κ2) is 3.38. The van der Waals surface area contributed by atoms with Crippen LogP contribution in [0.3, 0.4) is 0 Å². The molecule has 0 aliphatic carbocycles. The highest BCUT2D eigenvalue weighted by atomic mass is 32.2. The number of aryl methyl sites for hydroxylation is 1. The molecule has 0 aliphatic rings. The molecule has 0 saturated carbocycles. The Bertz CT molecular complexity index is 432. The predicted molar refractivity (Wildman–Crippen MR) is 58.3 cm³/mol. The maximum Gasteiger partial charge on any atom is 0.0346 e. The van der Waals surface area contributed by atoms with Crippen molar-refractivity contribution in [3.63, 3.8) is 0 Å². The molecule has 1 heterocycles. The Hall–Kier alpha value is -1.02. The highest BCUT2D eigenvalue weighted by Crippen LogP contribution is 2.27. The molecule has 1 nitrogen and oxygen atoms in total. The summed E-state index contributed by atoms with van der Waals surface area (Å²) in [6.07, 6.45) is 5.94. The number of nitrogens with zero attached hydrogens (tertiary/aromatic N) is 1. The van der Waals surface area contributed by atoms with E-state index < -0.39 is 0 Å². The number of rotatable bonds is 1. The third-order valence-corrected chi connectivity index (χ3v) is 2.93. The van der Waals surface area contributed by atoms with Crippen molar-refractivity contribution < 1.29 is 0 Å². The van der Waals surface area contributed by atoms with Crippen LogP contribution in [0.4, 0.5) is 0 Å². The quantitative estimate of drug-likeness (QED) is 0.639. The van der Waals surface area contributed by atoms with Crippen molar-refractivity contribution in [2.45, 2.75) is 11.8 Å². The van der Waals surface area contributed by atoms with Crippen molar-refractivity contribution in [2.75, 3.05) is 6.26 Å². The first-order chi connectivity index (χ1) is 6.33. The molecular weight excluding hydrogens is 178 g/mol. The first-order valence-electron chi connectivity index (χ1n) is 4.20. The van der Waals surface area contributed by atoms with E-state index in [1.165, 1.54) is 21.2 Å². The van der Waals surface area contributed by atoms with Gasteiger partial charge in [-0.25, -0.2) is 0 Å². The summed E-state index contributed by atoms with van der Waals surface area (Å²) in [6.45, 7) is 2.11. The lowest BCUT2D eigenvalue weighted by atomic mass is 10.1. The van der Waals surface area contributed by atoms with Gasteiger partial charge in [-0.1, -0.05) is 12.1 Å². The molecule has 13 heavy (non-hydrogen) atoms. The van der Waals surface area contributed by atoms with Crippen LogP contribution in [-0.4, -0.2) is 11.2 Å². The van der Waals surface area contributed by atoms with Crippen molar-refractivity contribution >= 4 is 22.5 Å². The van der Waals surface area contributed by atoms with Crippen LogP contribution in [0.15, 0.2) is 35.5 Å². The minimum atomic E-state index is 1.23. The van der Waals surface area contributed by atoms with Crippen molar-refractivity contribution in [1.82, 2.24) is 4.98 Å². The molecule has 0 amide bonds. The van der Waals surface area contributed by atoms with Crippen LogP contribution in [-0.2, 0) is 0 Å². The summed E-state index contributed by atoms with van der Waals surface area (Å²) >= 11 is 1.78. The van der Waals surface area contributed by atoms with Gasteiger partial charge in [-0.05, 0) is 24.8 Å². The van der Waals surface area contributed by atoms with Gasteiger partial charge < -0.3 is 0 Å². The lowest BCUT2D eigenvalue weighted by molar-refractivity contribution is 1.29. The number of hydrogen-bond acceptors (Lipinski definition) is 2. The number of pyridine rings is 1. The summed E-state index contributed by atoms with van der Waals surface area (Å²) in [5, 5.41) is 2.57. The average molecular weight is 189 g/mol. The first-order valence-corrected chi connectivity index (χ1v) is 5.42. The summed E-state index contributed by atoms with van der Waals surface area (Å²) in [4.78, 5) is 5.51. The van der Waals surface area contributed by atoms with Crippen molar-refractivity contribution in [2.24, 2.45) is 0 Å². The summed E-state index contributed by atoms with van der Waals surface area (Å²) in [5.74, 6) is 0. The molecule has 0 spiro atoms. The van der Waals surface area contributed by atoms with Gasteiger partial charge in [-0.2, -0.15) is 0 Å². The van der Waals surface area contributed by atoms with Crippen LogP contribution in [0.25, 0.3) is 10.8 Å². The SMILES string of the molecule is CSc1cccc2cncc(C)c12. The van der Waals surface area contributed by atoms with E-state index in [9.17, 15) is 0 Å². The molecule has 0 unspecified atom stereocenters. The summed E-state index contributed by atoms with van der Waals surface area (Å²) in [7, 11) is 0. The van der Waals surface area contributed by atoms with Gasteiger partial charge in [-0.15, -0.1) is 11.8 Å². The number of aromatic nitrogens is 1. The largest absolute Gasteiger partial charge is 0.264 e. The van der Waals surface area contributed by atoms with Crippen LogP contribution in [0, 0.1) is 6.92 Å². The fourth-order valence-electron chi connectivity index (χ4n) is 1.54. The molecule has 0 aliphatic heterocycles. The summed E-state index contributed by atoms with van der Waals surface area (Å²) < 4.78 is 0. The lowest BCUT2D eigenvalue weighted by Crippen LogP contribution is -1.83. The summed E-state index contributed by atoms with van der Waals surface area (Å²) in [6, 6.07) is 6.34. The molecule has 0 radical (unpaired) electrons. The molecule has 2 aromatic rings. The van der Waals surface area contributed by atoms with E-state index in [1.54, 1.807) is 11.8 Å². The highest BCUT2D eigenvalue weighted by molar-refractivity contribution is 7.98. The third kappa shape index (κ3) is 1.42. The lowest BCUT2D eigenvalue weighted by Gasteiger charge is -2.05. The molecule has 66 valence electrons. The molecule has 0 atom stereocenters. The van der Waals surface area contributed by atoms with Crippen molar-refractivity contribution in [3.8, 4) is 0 Å². The minimum absolute atomic E-state index is 1.23. The third-order valence-electron chi connectivity index (χ3n) is 2.15. The van der Waals surface area contributed by atoms with Gasteiger partial charge in [0.1, 0.15) is 0 Å². The first kappa shape index (κ1) is 8.57. The molecule has 2 rings (SSSR count). The zero-order valence-electron chi connectivity index (χ0n) is 7.74. The summed E-state index contributed by atoms with van der Waals surface area (Å²) in [5.41, 5.74) is 1.25. The Kier molecular flexibility index (Phi) is 2.23. The van der Waals surface area contributed by atoms with E-state index in [0.29, 0.717) is 0 Å². The molecule has 0 fully saturated rings. The van der Waals surface area contributed by atoms with Crippen molar-refractivity contribution in [3.05, 3.63) is 36.2 Å². The zero-order valence-corrected chi connectivity index (χ0v) is 8.56. The van der Waals surface area contributed by atoms with E-state index >= 15 is 0 Å². The molecule has 2 heteroatoms. The van der Waals surface area contributed by atoms with E-state index in [2.05, 4.69) is 36.4 Å². The van der Waals surface area contributed by atoms with E-state index in [4.69, 9.17) is 0 Å². The van der Waals surface area contributed by atoms with Gasteiger partial charge in [0.15, 0.2) is 0 Å². The van der Waals surface area contributed by atoms with Gasteiger partial charge in [0.25, 0.3) is 0 Å². The second-order valence-electron chi connectivity index (χ2n) is 3.01. The van der Waals surface area contributed by atoms with Crippen LogP contribution in [0.2, 0.25) is 0 Å². The Labute approximate surface area is 82.2 Å². The van der Waals surface area contributed by atoms with Crippen LogP contribution in [0.1, 0.15) is 5.56 Å². The van der Waals surface area contributed by atoms with E-state index in [1.807, 2.05) is 12.4 Å². The van der Waals surface area contributed by atoms with Crippen LogP contribution >= 0.6 is 11.8 Å². The molecule has 1 aromatic heterocycles. The maximum atomic E-state index is 4.18. The van der Waals surface area contributed by atoms with Gasteiger partial charge in [0, 0.05) is 28.1 Å². The van der Waals surface area contributed by atoms with E-state index in [-0.39, 0.29) is 0 Å².